The zero-order valence-corrected chi connectivity index (χ0v) is 18.9. The van der Waals surface area contributed by atoms with Crippen LogP contribution in [0.15, 0.2) is 42.5 Å². The van der Waals surface area contributed by atoms with E-state index in [9.17, 15) is 4.79 Å². The lowest BCUT2D eigenvalue weighted by Crippen LogP contribution is -2.45. The van der Waals surface area contributed by atoms with Gasteiger partial charge >= 0.3 is 6.03 Å². The maximum Gasteiger partial charge on any atom is 0.320 e. The topological polar surface area (TPSA) is 75.7 Å². The monoisotopic (exact) mass is 422 g/mol. The number of ether oxygens (including phenoxy) is 2. The van der Waals surface area contributed by atoms with Crippen LogP contribution in [0, 0.1) is 6.92 Å². The lowest BCUT2D eigenvalue weighted by molar-refractivity contribution is 0.217. The molecule has 0 fully saturated rings. The quantitative estimate of drug-likeness (QED) is 0.542. The van der Waals surface area contributed by atoms with Gasteiger partial charge in [-0.3, -0.25) is 4.90 Å². The van der Waals surface area contributed by atoms with Gasteiger partial charge in [-0.15, -0.1) is 0 Å². The number of pyridine rings is 1. The van der Waals surface area contributed by atoms with Gasteiger partial charge in [0.25, 0.3) is 0 Å². The molecule has 0 aliphatic rings. The summed E-state index contributed by atoms with van der Waals surface area (Å²) in [5.41, 5.74) is 4.18. The summed E-state index contributed by atoms with van der Waals surface area (Å²) < 4.78 is 10.8. The van der Waals surface area contributed by atoms with Crippen molar-refractivity contribution in [2.24, 2.45) is 0 Å². The maximum atomic E-state index is 12.7. The standard InChI is InChI=1S/C24H30N4O3/c1-7-23(28(3)4)27-24(29)26-20-14-19(25-18-10-8-15(2)12-17(18)20)16-9-11-21(30-5)22(13-16)31-6/h8-14,23H,7H2,1-6H3,(H2,25,26,27,29). The van der Waals surface area contributed by atoms with E-state index >= 15 is 0 Å². The van der Waals surface area contributed by atoms with Crippen molar-refractivity contribution >= 4 is 22.6 Å². The molecule has 0 saturated carbocycles. The highest BCUT2D eigenvalue weighted by molar-refractivity contribution is 6.02. The lowest BCUT2D eigenvalue weighted by atomic mass is 10.1. The summed E-state index contributed by atoms with van der Waals surface area (Å²) in [5, 5.41) is 6.91. The lowest BCUT2D eigenvalue weighted by Gasteiger charge is -2.24. The van der Waals surface area contributed by atoms with Gasteiger partial charge < -0.3 is 20.1 Å². The van der Waals surface area contributed by atoms with E-state index < -0.39 is 0 Å². The van der Waals surface area contributed by atoms with Crippen LogP contribution in [-0.4, -0.2) is 50.4 Å². The van der Waals surface area contributed by atoms with E-state index in [-0.39, 0.29) is 12.2 Å². The van der Waals surface area contributed by atoms with Gasteiger partial charge in [0.15, 0.2) is 11.5 Å². The Bertz CT molecular complexity index is 1080. The Morgan fingerprint density at radius 1 is 1.06 bits per heavy atom. The fourth-order valence-corrected chi connectivity index (χ4v) is 3.49. The van der Waals surface area contributed by atoms with Gasteiger partial charge in [0.1, 0.15) is 0 Å². The molecule has 0 radical (unpaired) electrons. The van der Waals surface area contributed by atoms with Gasteiger partial charge in [-0.25, -0.2) is 9.78 Å². The number of rotatable bonds is 7. The fourth-order valence-electron chi connectivity index (χ4n) is 3.49. The summed E-state index contributed by atoms with van der Waals surface area (Å²) in [4.78, 5) is 19.5. The molecule has 3 aromatic rings. The number of benzene rings is 2. The average Bonchev–Trinajstić information content (AvgIpc) is 2.76. The number of amides is 2. The molecule has 0 bridgehead atoms. The van der Waals surface area contributed by atoms with Gasteiger partial charge in [0.2, 0.25) is 0 Å². The number of fused-ring (bicyclic) bond motifs is 1. The second-order valence-corrected chi connectivity index (χ2v) is 7.63. The molecule has 2 aromatic carbocycles. The molecule has 7 heteroatoms. The molecule has 1 atom stereocenters. The van der Waals surface area contributed by atoms with E-state index in [0.717, 1.165) is 34.1 Å². The van der Waals surface area contributed by atoms with E-state index in [1.165, 1.54) is 0 Å². The van der Waals surface area contributed by atoms with Gasteiger partial charge in [-0.2, -0.15) is 0 Å². The molecule has 0 spiro atoms. The minimum absolute atomic E-state index is 0.0554. The number of methoxy groups -OCH3 is 2. The normalized spacial score (nSPS) is 12.0. The number of nitrogens with zero attached hydrogens (tertiary/aromatic N) is 2. The molecule has 0 aliphatic heterocycles. The molecule has 2 N–H and O–H groups in total. The molecule has 164 valence electrons. The summed E-state index contributed by atoms with van der Waals surface area (Å²) in [6.45, 7) is 4.05. The Balaban J connectivity index is 2.04. The van der Waals surface area contributed by atoms with Gasteiger partial charge in [-0.1, -0.05) is 18.6 Å². The second-order valence-electron chi connectivity index (χ2n) is 7.63. The first-order chi connectivity index (χ1) is 14.9. The summed E-state index contributed by atoms with van der Waals surface area (Å²) in [6, 6.07) is 13.3. The van der Waals surface area contributed by atoms with Crippen molar-refractivity contribution in [1.29, 1.82) is 0 Å². The summed E-state index contributed by atoms with van der Waals surface area (Å²) in [6.07, 6.45) is 0.744. The first-order valence-electron chi connectivity index (χ1n) is 10.2. The number of carbonyl (C=O) groups excluding carboxylic acids is 1. The summed E-state index contributed by atoms with van der Waals surface area (Å²) in [5.74, 6) is 1.27. The highest BCUT2D eigenvalue weighted by Crippen LogP contribution is 2.34. The fraction of sp³-hybridized carbons (Fsp3) is 0.333. The molecule has 7 nitrogen and oxygen atoms in total. The highest BCUT2D eigenvalue weighted by atomic mass is 16.5. The van der Waals surface area contributed by atoms with Crippen molar-refractivity contribution < 1.29 is 14.3 Å². The summed E-state index contributed by atoms with van der Waals surface area (Å²) in [7, 11) is 7.08. The van der Waals surface area contributed by atoms with E-state index in [1.54, 1.807) is 14.2 Å². The number of nitrogens with one attached hydrogen (secondary N) is 2. The third-order valence-electron chi connectivity index (χ3n) is 5.20. The predicted molar refractivity (Wildman–Crippen MR) is 125 cm³/mol. The number of aryl methyl sites for hydroxylation is 1. The van der Waals surface area contributed by atoms with Gasteiger partial charge in [0, 0.05) is 10.9 Å². The second kappa shape index (κ2) is 9.66. The zero-order valence-electron chi connectivity index (χ0n) is 18.9. The van der Waals surface area contributed by atoms with E-state index in [1.807, 2.05) is 75.3 Å². The van der Waals surface area contributed by atoms with Gasteiger partial charge in [-0.05, 0) is 63.8 Å². The van der Waals surface area contributed by atoms with Crippen LogP contribution >= 0.6 is 0 Å². The molecule has 1 heterocycles. The van der Waals surface area contributed by atoms with Crippen LogP contribution in [0.25, 0.3) is 22.2 Å². The van der Waals surface area contributed by atoms with Crippen LogP contribution < -0.4 is 20.1 Å². The average molecular weight is 423 g/mol. The Morgan fingerprint density at radius 3 is 2.45 bits per heavy atom. The minimum atomic E-state index is -0.257. The molecule has 0 saturated heterocycles. The largest absolute Gasteiger partial charge is 0.493 e. The Morgan fingerprint density at radius 2 is 1.81 bits per heavy atom. The van der Waals surface area contributed by atoms with Crippen LogP contribution in [0.1, 0.15) is 18.9 Å². The zero-order chi connectivity index (χ0) is 22.5. The number of hydrogen-bond acceptors (Lipinski definition) is 5. The predicted octanol–water partition coefficient (Wildman–Crippen LogP) is 4.65. The number of carbonyl (C=O) groups is 1. The van der Waals surface area contributed by atoms with Crippen LogP contribution in [0.2, 0.25) is 0 Å². The van der Waals surface area contributed by atoms with Crippen LogP contribution in [0.5, 0.6) is 11.5 Å². The van der Waals surface area contributed by atoms with Crippen LogP contribution in [0.3, 0.4) is 0 Å². The van der Waals surface area contributed by atoms with Crippen molar-refractivity contribution in [1.82, 2.24) is 15.2 Å². The van der Waals surface area contributed by atoms with Crippen molar-refractivity contribution in [3.05, 3.63) is 48.0 Å². The highest BCUT2D eigenvalue weighted by Gasteiger charge is 2.15. The third kappa shape index (κ3) is 5.06. The molecule has 0 aliphatic carbocycles. The Kier molecular flexibility index (Phi) is 6.97. The number of hydrogen-bond donors (Lipinski definition) is 2. The van der Waals surface area contributed by atoms with Crippen molar-refractivity contribution in [2.75, 3.05) is 33.6 Å². The molecular formula is C24H30N4O3. The van der Waals surface area contributed by atoms with Crippen molar-refractivity contribution in [3.63, 3.8) is 0 Å². The van der Waals surface area contributed by atoms with Crippen LogP contribution in [0.4, 0.5) is 10.5 Å². The first-order valence-corrected chi connectivity index (χ1v) is 10.2. The first kappa shape index (κ1) is 22.4. The van der Waals surface area contributed by atoms with E-state index in [4.69, 9.17) is 14.5 Å². The van der Waals surface area contributed by atoms with E-state index in [0.29, 0.717) is 17.2 Å². The van der Waals surface area contributed by atoms with Gasteiger partial charge in [0.05, 0.1) is 37.3 Å². The molecule has 31 heavy (non-hydrogen) atoms. The Hall–Kier alpha value is -3.32. The molecule has 3 rings (SSSR count). The molecule has 1 unspecified atom stereocenters. The number of aromatic nitrogens is 1. The molecule has 1 aromatic heterocycles. The third-order valence-corrected chi connectivity index (χ3v) is 5.20. The molecule has 2 amide bonds. The number of urea groups is 1. The van der Waals surface area contributed by atoms with Crippen molar-refractivity contribution in [2.45, 2.75) is 26.4 Å². The SMILES string of the molecule is CCC(NC(=O)Nc1cc(-c2ccc(OC)c(OC)c2)nc2ccc(C)cc12)N(C)C. The summed E-state index contributed by atoms with van der Waals surface area (Å²) >= 11 is 0. The van der Waals surface area contributed by atoms with E-state index in [2.05, 4.69) is 10.6 Å². The Labute approximate surface area is 183 Å². The van der Waals surface area contributed by atoms with Crippen LogP contribution in [-0.2, 0) is 0 Å². The van der Waals surface area contributed by atoms with Crippen molar-refractivity contribution in [3.8, 4) is 22.8 Å². The molecular weight excluding hydrogens is 392 g/mol. The smallest absolute Gasteiger partial charge is 0.320 e. The number of anilines is 1. The minimum Gasteiger partial charge on any atom is -0.493 e. The maximum absolute atomic E-state index is 12.7.